The van der Waals surface area contributed by atoms with E-state index in [0.29, 0.717) is 39.4 Å². The van der Waals surface area contributed by atoms with Gasteiger partial charge in [0.1, 0.15) is 17.4 Å². The van der Waals surface area contributed by atoms with E-state index in [1.807, 2.05) is 0 Å². The summed E-state index contributed by atoms with van der Waals surface area (Å²) in [5.74, 6) is 0.369. The van der Waals surface area contributed by atoms with Crippen LogP contribution in [-0.4, -0.2) is 15.1 Å². The molecule has 2 aromatic heterocycles. The van der Waals surface area contributed by atoms with E-state index in [-0.39, 0.29) is 11.1 Å². The van der Waals surface area contributed by atoms with E-state index in [2.05, 4.69) is 15.1 Å². The number of aryl methyl sites for hydroxylation is 3. The predicted octanol–water partition coefficient (Wildman–Crippen LogP) is 5.97. The van der Waals surface area contributed by atoms with Crippen molar-refractivity contribution in [2.75, 3.05) is 0 Å². The van der Waals surface area contributed by atoms with Crippen LogP contribution in [0.15, 0.2) is 34.9 Å². The molecule has 0 amide bonds. The normalized spacial score (nSPS) is 12.1. The number of aromatic amines is 1. The van der Waals surface area contributed by atoms with Crippen molar-refractivity contribution < 1.29 is 22.1 Å². The van der Waals surface area contributed by atoms with Gasteiger partial charge in [-0.2, -0.15) is 13.2 Å². The van der Waals surface area contributed by atoms with E-state index < -0.39 is 17.6 Å². The molecule has 4 rings (SSSR count). The molecule has 0 fully saturated rings. The summed E-state index contributed by atoms with van der Waals surface area (Å²) < 4.78 is 59.3. The molecule has 0 atom stereocenters. The molecule has 8 heteroatoms. The summed E-state index contributed by atoms with van der Waals surface area (Å²) in [6.45, 7) is 5.23. The molecule has 0 spiro atoms. The molecule has 2 aromatic carbocycles. The van der Waals surface area contributed by atoms with Crippen molar-refractivity contribution in [2.24, 2.45) is 0 Å². The zero-order valence-electron chi connectivity index (χ0n) is 15.2. The van der Waals surface area contributed by atoms with Crippen LogP contribution in [0, 0.1) is 26.6 Å². The lowest BCUT2D eigenvalue weighted by Crippen LogP contribution is -2.05. The largest absolute Gasteiger partial charge is 0.416 e. The number of rotatable bonds is 2. The molecular formula is C20H15F4N3O. The lowest BCUT2D eigenvalue weighted by atomic mass is 9.95. The third-order valence-electron chi connectivity index (χ3n) is 4.61. The number of alkyl halides is 3. The van der Waals surface area contributed by atoms with E-state index in [4.69, 9.17) is 4.52 Å². The molecule has 0 saturated carbocycles. The fourth-order valence-electron chi connectivity index (χ4n) is 3.39. The summed E-state index contributed by atoms with van der Waals surface area (Å²) in [5.41, 5.74) is 2.14. The van der Waals surface area contributed by atoms with Crippen LogP contribution in [0.2, 0.25) is 0 Å². The van der Waals surface area contributed by atoms with Crippen LogP contribution in [0.1, 0.15) is 22.8 Å². The number of nitrogens with one attached hydrogen (secondary N) is 1. The second-order valence-corrected chi connectivity index (χ2v) is 6.63. The molecule has 144 valence electrons. The molecule has 0 saturated heterocycles. The van der Waals surface area contributed by atoms with Gasteiger partial charge in [0.25, 0.3) is 0 Å². The number of hydrogen-bond acceptors (Lipinski definition) is 3. The van der Waals surface area contributed by atoms with Gasteiger partial charge in [0, 0.05) is 16.7 Å². The second kappa shape index (κ2) is 6.19. The van der Waals surface area contributed by atoms with Gasteiger partial charge in [0.2, 0.25) is 0 Å². The van der Waals surface area contributed by atoms with Gasteiger partial charge < -0.3 is 9.51 Å². The van der Waals surface area contributed by atoms with E-state index in [1.165, 1.54) is 0 Å². The maximum atomic E-state index is 14.6. The Morgan fingerprint density at radius 3 is 2.39 bits per heavy atom. The minimum atomic E-state index is -4.58. The molecule has 0 aliphatic heterocycles. The Hall–Kier alpha value is -3.16. The Morgan fingerprint density at radius 2 is 1.75 bits per heavy atom. The van der Waals surface area contributed by atoms with Crippen LogP contribution >= 0.6 is 0 Å². The Balaban J connectivity index is 2.05. The molecule has 0 bridgehead atoms. The number of imidazole rings is 1. The Morgan fingerprint density at radius 1 is 1.00 bits per heavy atom. The van der Waals surface area contributed by atoms with Gasteiger partial charge in [-0.05, 0) is 56.7 Å². The maximum Gasteiger partial charge on any atom is 0.416 e. The van der Waals surface area contributed by atoms with Crippen molar-refractivity contribution in [3.63, 3.8) is 0 Å². The molecule has 0 radical (unpaired) electrons. The minimum Gasteiger partial charge on any atom is -0.361 e. The summed E-state index contributed by atoms with van der Waals surface area (Å²) in [6, 6.07) is 5.78. The first-order valence-corrected chi connectivity index (χ1v) is 8.46. The molecule has 28 heavy (non-hydrogen) atoms. The van der Waals surface area contributed by atoms with E-state index in [1.54, 1.807) is 32.9 Å². The smallest absolute Gasteiger partial charge is 0.361 e. The summed E-state index contributed by atoms with van der Waals surface area (Å²) in [7, 11) is 0. The molecule has 0 unspecified atom stereocenters. The fourth-order valence-corrected chi connectivity index (χ4v) is 3.39. The highest BCUT2D eigenvalue weighted by atomic mass is 19.4. The second-order valence-electron chi connectivity index (χ2n) is 6.63. The first-order valence-electron chi connectivity index (χ1n) is 8.46. The Kier molecular flexibility index (Phi) is 4.02. The van der Waals surface area contributed by atoms with Crippen molar-refractivity contribution in [1.29, 1.82) is 0 Å². The van der Waals surface area contributed by atoms with E-state index >= 15 is 0 Å². The Labute approximate surface area is 157 Å². The summed E-state index contributed by atoms with van der Waals surface area (Å²) in [6.07, 6.45) is -4.58. The van der Waals surface area contributed by atoms with Crippen LogP contribution in [0.5, 0.6) is 0 Å². The van der Waals surface area contributed by atoms with Gasteiger partial charge >= 0.3 is 6.18 Å². The number of fused-ring (bicyclic) bond motifs is 1. The molecule has 4 aromatic rings. The standard InChI is InChI=1S/C20H15F4N3O/c1-9-18(10(2)28-27-9)12-6-15(19-17(7-12)25-11(3)26-19)14-8-13(20(22,23)24)4-5-16(14)21/h4-8H,1-3H3,(H,25,26). The Bertz CT molecular complexity index is 1180. The highest BCUT2D eigenvalue weighted by Gasteiger charge is 2.31. The molecule has 1 N–H and O–H groups in total. The van der Waals surface area contributed by atoms with Gasteiger partial charge in [0.05, 0.1) is 22.3 Å². The monoisotopic (exact) mass is 389 g/mol. The van der Waals surface area contributed by atoms with Gasteiger partial charge in [-0.15, -0.1) is 0 Å². The number of nitrogens with zero attached hydrogens (tertiary/aromatic N) is 2. The van der Waals surface area contributed by atoms with Gasteiger partial charge in [-0.1, -0.05) is 5.16 Å². The number of benzene rings is 2. The predicted molar refractivity (Wildman–Crippen MR) is 96.2 cm³/mol. The van der Waals surface area contributed by atoms with E-state index in [9.17, 15) is 17.6 Å². The lowest BCUT2D eigenvalue weighted by Gasteiger charge is -2.12. The fraction of sp³-hybridized carbons (Fsp3) is 0.200. The van der Waals surface area contributed by atoms with Gasteiger partial charge in [-0.25, -0.2) is 9.37 Å². The molecular weight excluding hydrogens is 374 g/mol. The number of H-pyrrole nitrogens is 1. The van der Waals surface area contributed by atoms with Crippen LogP contribution in [0.3, 0.4) is 0 Å². The third-order valence-corrected chi connectivity index (χ3v) is 4.61. The van der Waals surface area contributed by atoms with Crippen molar-refractivity contribution in [2.45, 2.75) is 26.9 Å². The van der Waals surface area contributed by atoms with Crippen molar-refractivity contribution >= 4 is 11.0 Å². The van der Waals surface area contributed by atoms with Crippen molar-refractivity contribution in [3.8, 4) is 22.3 Å². The highest BCUT2D eigenvalue weighted by Crippen LogP contribution is 2.39. The maximum absolute atomic E-state index is 14.6. The van der Waals surface area contributed by atoms with Gasteiger partial charge in [0.15, 0.2) is 0 Å². The first-order chi connectivity index (χ1) is 13.1. The van der Waals surface area contributed by atoms with Crippen LogP contribution < -0.4 is 0 Å². The highest BCUT2D eigenvalue weighted by molar-refractivity contribution is 5.96. The molecule has 2 heterocycles. The van der Waals surface area contributed by atoms with Crippen LogP contribution in [0.4, 0.5) is 17.6 Å². The average Bonchev–Trinajstić information content (AvgIpc) is 3.14. The number of aromatic nitrogens is 3. The average molecular weight is 389 g/mol. The zero-order chi connectivity index (χ0) is 20.2. The summed E-state index contributed by atoms with van der Waals surface area (Å²) in [4.78, 5) is 7.41. The van der Waals surface area contributed by atoms with Crippen LogP contribution in [-0.2, 0) is 6.18 Å². The molecule has 0 aliphatic carbocycles. The van der Waals surface area contributed by atoms with E-state index in [0.717, 1.165) is 18.2 Å². The SMILES string of the molecule is Cc1nc2c(-c3cc(C(F)(F)F)ccc3F)cc(-c3c(C)noc3C)cc2[nH]1. The topological polar surface area (TPSA) is 54.7 Å². The van der Waals surface area contributed by atoms with Gasteiger partial charge in [-0.3, -0.25) is 0 Å². The molecule has 4 nitrogen and oxygen atoms in total. The molecule has 0 aliphatic rings. The quantitative estimate of drug-likeness (QED) is 0.430. The number of halogens is 4. The minimum absolute atomic E-state index is 0.167. The van der Waals surface area contributed by atoms with Crippen LogP contribution in [0.25, 0.3) is 33.3 Å². The zero-order valence-corrected chi connectivity index (χ0v) is 15.2. The van der Waals surface area contributed by atoms with Crippen molar-refractivity contribution in [3.05, 3.63) is 59.0 Å². The number of hydrogen-bond donors (Lipinski definition) is 1. The summed E-state index contributed by atoms with van der Waals surface area (Å²) >= 11 is 0. The van der Waals surface area contributed by atoms with Crippen molar-refractivity contribution in [1.82, 2.24) is 15.1 Å². The first kappa shape index (κ1) is 18.2. The lowest BCUT2D eigenvalue weighted by molar-refractivity contribution is -0.137. The summed E-state index contributed by atoms with van der Waals surface area (Å²) in [5, 5.41) is 3.92. The third kappa shape index (κ3) is 2.94.